The topological polar surface area (TPSA) is 71.3 Å². The lowest BCUT2D eigenvalue weighted by atomic mass is 10.1. The van der Waals surface area contributed by atoms with Gasteiger partial charge in [-0.05, 0) is 42.8 Å². The third-order valence-electron chi connectivity index (χ3n) is 4.33. The summed E-state index contributed by atoms with van der Waals surface area (Å²) >= 11 is 5.65. The third-order valence-corrected chi connectivity index (χ3v) is 4.64. The van der Waals surface area contributed by atoms with Gasteiger partial charge < -0.3 is 15.0 Å². The van der Waals surface area contributed by atoms with E-state index in [1.54, 1.807) is 43.5 Å². The Balaban J connectivity index is 0.00000280. The van der Waals surface area contributed by atoms with Crippen molar-refractivity contribution >= 4 is 34.0 Å². The third kappa shape index (κ3) is 4.40. The molecule has 0 saturated heterocycles. The quantitative estimate of drug-likeness (QED) is 0.670. The first-order valence-electron chi connectivity index (χ1n) is 8.39. The van der Waals surface area contributed by atoms with Crippen LogP contribution in [0.25, 0.3) is 10.8 Å². The summed E-state index contributed by atoms with van der Waals surface area (Å²) in [5, 5.41) is 13.1. The molecule has 5 nitrogen and oxygen atoms in total. The second kappa shape index (κ2) is 8.99. The van der Waals surface area contributed by atoms with Gasteiger partial charge in [0.05, 0.1) is 24.1 Å². The molecule has 3 aromatic rings. The summed E-state index contributed by atoms with van der Waals surface area (Å²) in [4.78, 5) is 25.0. The molecule has 7 heteroatoms. The second-order valence-corrected chi connectivity index (χ2v) is 6.71. The number of halogens is 2. The van der Waals surface area contributed by atoms with Crippen molar-refractivity contribution in [3.63, 3.8) is 0 Å². The SMILES string of the molecule is C.C[C@H](CO)n1ccc2c(NC(=O)Cc3ccc(Cl)c(F)c3)cccc2c1=O. The Bertz CT molecular complexity index is 1070. The van der Waals surface area contributed by atoms with Gasteiger partial charge in [0.1, 0.15) is 5.82 Å². The van der Waals surface area contributed by atoms with Crippen molar-refractivity contribution in [3.8, 4) is 0 Å². The minimum absolute atomic E-state index is 0. The van der Waals surface area contributed by atoms with E-state index in [2.05, 4.69) is 5.32 Å². The van der Waals surface area contributed by atoms with E-state index in [1.165, 1.54) is 16.7 Å². The average Bonchev–Trinajstić information content (AvgIpc) is 2.65. The lowest BCUT2D eigenvalue weighted by Crippen LogP contribution is -2.25. The Hall–Kier alpha value is -2.70. The van der Waals surface area contributed by atoms with Crippen LogP contribution in [-0.4, -0.2) is 22.2 Å². The van der Waals surface area contributed by atoms with Gasteiger partial charge >= 0.3 is 0 Å². The first-order chi connectivity index (χ1) is 12.9. The van der Waals surface area contributed by atoms with E-state index in [-0.39, 0.29) is 43.0 Å². The van der Waals surface area contributed by atoms with Crippen molar-refractivity contribution in [2.45, 2.75) is 26.8 Å². The number of nitrogens with one attached hydrogen (secondary N) is 1. The molecule has 3 rings (SSSR count). The second-order valence-electron chi connectivity index (χ2n) is 6.30. The summed E-state index contributed by atoms with van der Waals surface area (Å²) in [6.07, 6.45) is 1.57. The van der Waals surface area contributed by atoms with Gasteiger partial charge in [-0.25, -0.2) is 4.39 Å². The number of carbonyl (C=O) groups is 1. The molecule has 1 amide bonds. The molecule has 0 saturated carbocycles. The van der Waals surface area contributed by atoms with Gasteiger partial charge in [0.25, 0.3) is 5.56 Å². The number of hydrogen-bond donors (Lipinski definition) is 2. The lowest BCUT2D eigenvalue weighted by Gasteiger charge is -2.14. The Morgan fingerprint density at radius 1 is 1.25 bits per heavy atom. The van der Waals surface area contributed by atoms with Crippen molar-refractivity contribution in [1.82, 2.24) is 4.57 Å². The van der Waals surface area contributed by atoms with Crippen molar-refractivity contribution in [1.29, 1.82) is 0 Å². The molecular weight excluding hydrogens is 383 g/mol. The molecule has 1 heterocycles. The van der Waals surface area contributed by atoms with Crippen LogP contribution in [0, 0.1) is 5.82 Å². The van der Waals surface area contributed by atoms with Gasteiger partial charge in [-0.3, -0.25) is 9.59 Å². The van der Waals surface area contributed by atoms with Crippen LogP contribution in [0.15, 0.2) is 53.5 Å². The van der Waals surface area contributed by atoms with E-state index in [0.29, 0.717) is 22.0 Å². The number of aromatic nitrogens is 1. The highest BCUT2D eigenvalue weighted by Gasteiger charge is 2.12. The summed E-state index contributed by atoms with van der Waals surface area (Å²) in [6, 6.07) is 10.6. The van der Waals surface area contributed by atoms with Crippen LogP contribution in [0.3, 0.4) is 0 Å². The zero-order valence-corrected chi connectivity index (χ0v) is 15.3. The van der Waals surface area contributed by atoms with Crippen molar-refractivity contribution in [2.24, 2.45) is 0 Å². The first kappa shape index (κ1) is 21.6. The molecule has 0 radical (unpaired) electrons. The monoisotopic (exact) mass is 404 g/mol. The average molecular weight is 405 g/mol. The molecule has 148 valence electrons. The van der Waals surface area contributed by atoms with Gasteiger partial charge in [-0.1, -0.05) is 31.2 Å². The number of rotatable bonds is 5. The van der Waals surface area contributed by atoms with Gasteiger partial charge in [-0.2, -0.15) is 0 Å². The molecule has 0 aliphatic heterocycles. The van der Waals surface area contributed by atoms with E-state index in [9.17, 15) is 19.1 Å². The molecule has 1 aromatic heterocycles. The van der Waals surface area contributed by atoms with E-state index >= 15 is 0 Å². The number of benzene rings is 2. The van der Waals surface area contributed by atoms with Crippen LogP contribution in [0.4, 0.5) is 10.1 Å². The summed E-state index contributed by atoms with van der Waals surface area (Å²) in [6.45, 7) is 1.59. The van der Waals surface area contributed by atoms with Crippen molar-refractivity contribution in [3.05, 3.63) is 75.4 Å². The minimum Gasteiger partial charge on any atom is -0.394 e. The van der Waals surface area contributed by atoms with Crippen LogP contribution >= 0.6 is 11.6 Å². The molecule has 0 fully saturated rings. The number of aliphatic hydroxyl groups excluding tert-OH is 1. The molecule has 1 atom stereocenters. The maximum absolute atomic E-state index is 13.5. The van der Waals surface area contributed by atoms with Crippen molar-refractivity contribution < 1.29 is 14.3 Å². The standard InChI is InChI=1S/C20H18ClFN2O3.CH4/c1-12(11-25)24-8-7-14-15(20(24)27)3-2-4-18(14)23-19(26)10-13-5-6-16(21)17(22)9-13;/h2-9,12,25H,10-11H2,1H3,(H,23,26);1H4/t12-;/m1./s1. The number of pyridine rings is 1. The molecule has 0 aliphatic rings. The van der Waals surface area contributed by atoms with Crippen LogP contribution in [0.5, 0.6) is 0 Å². The molecule has 2 aromatic carbocycles. The Kier molecular flexibility index (Phi) is 6.94. The van der Waals surface area contributed by atoms with Crippen LogP contribution in [0.1, 0.15) is 26.0 Å². The summed E-state index contributed by atoms with van der Waals surface area (Å²) in [7, 11) is 0. The summed E-state index contributed by atoms with van der Waals surface area (Å²) in [5.74, 6) is -0.914. The number of carbonyl (C=O) groups excluding carboxylic acids is 1. The minimum atomic E-state index is -0.578. The lowest BCUT2D eigenvalue weighted by molar-refractivity contribution is -0.115. The van der Waals surface area contributed by atoms with Gasteiger partial charge in [0.15, 0.2) is 0 Å². The smallest absolute Gasteiger partial charge is 0.258 e. The van der Waals surface area contributed by atoms with Crippen LogP contribution in [-0.2, 0) is 11.2 Å². The summed E-state index contributed by atoms with van der Waals surface area (Å²) in [5.41, 5.74) is 0.742. The number of anilines is 1. The van der Waals surface area contributed by atoms with Crippen molar-refractivity contribution in [2.75, 3.05) is 11.9 Å². The van der Waals surface area contributed by atoms with Gasteiger partial charge in [-0.15, -0.1) is 0 Å². The van der Waals surface area contributed by atoms with Gasteiger partial charge in [0.2, 0.25) is 5.91 Å². The largest absolute Gasteiger partial charge is 0.394 e. The predicted molar refractivity (Wildman–Crippen MR) is 110 cm³/mol. The van der Waals surface area contributed by atoms with E-state index in [0.717, 1.165) is 0 Å². The summed E-state index contributed by atoms with van der Waals surface area (Å²) < 4.78 is 15.0. The highest BCUT2D eigenvalue weighted by molar-refractivity contribution is 6.30. The van der Waals surface area contributed by atoms with Gasteiger partial charge in [0, 0.05) is 22.7 Å². The molecular formula is C21H22ClFN2O3. The Morgan fingerprint density at radius 2 is 2.00 bits per heavy atom. The van der Waals surface area contributed by atoms with E-state index < -0.39 is 5.82 Å². The van der Waals surface area contributed by atoms with Crippen LogP contribution in [0.2, 0.25) is 5.02 Å². The number of nitrogens with zero attached hydrogens (tertiary/aromatic N) is 1. The fraction of sp³-hybridized carbons (Fsp3) is 0.238. The van der Waals surface area contributed by atoms with E-state index in [1.807, 2.05) is 0 Å². The van der Waals surface area contributed by atoms with Crippen LogP contribution < -0.4 is 10.9 Å². The highest BCUT2D eigenvalue weighted by Crippen LogP contribution is 2.22. The molecule has 28 heavy (non-hydrogen) atoms. The number of amides is 1. The number of fused-ring (bicyclic) bond motifs is 1. The predicted octanol–water partition coefficient (Wildman–Crippen LogP) is 4.16. The molecule has 0 aliphatic carbocycles. The zero-order valence-electron chi connectivity index (χ0n) is 14.6. The molecule has 0 spiro atoms. The Morgan fingerprint density at radius 3 is 2.68 bits per heavy atom. The fourth-order valence-electron chi connectivity index (χ4n) is 2.87. The van der Waals surface area contributed by atoms with E-state index in [4.69, 9.17) is 11.6 Å². The number of hydrogen-bond acceptors (Lipinski definition) is 3. The molecule has 0 unspecified atom stereocenters. The maximum Gasteiger partial charge on any atom is 0.258 e. The normalized spacial score (nSPS) is 11.7. The first-order valence-corrected chi connectivity index (χ1v) is 8.77. The fourth-order valence-corrected chi connectivity index (χ4v) is 2.98. The zero-order chi connectivity index (χ0) is 19.6. The maximum atomic E-state index is 13.5. The highest BCUT2D eigenvalue weighted by atomic mass is 35.5. The Labute approximate surface area is 167 Å². The number of aliphatic hydroxyl groups is 1. The molecule has 2 N–H and O–H groups in total. The molecule has 0 bridgehead atoms.